The highest BCUT2D eigenvalue weighted by atomic mass is 35.5. The molecule has 2 heterocycles. The highest BCUT2D eigenvalue weighted by Gasteiger charge is 2.14. The first-order chi connectivity index (χ1) is 11.1. The molecule has 3 rings (SSSR count). The third-order valence-corrected chi connectivity index (χ3v) is 3.67. The van der Waals surface area contributed by atoms with Crippen LogP contribution in [0, 0.1) is 0 Å². The molecule has 118 valence electrons. The van der Waals surface area contributed by atoms with Gasteiger partial charge in [0.2, 0.25) is 0 Å². The van der Waals surface area contributed by atoms with E-state index < -0.39 is 0 Å². The van der Waals surface area contributed by atoms with Gasteiger partial charge in [-0.3, -0.25) is 4.79 Å². The maximum absolute atomic E-state index is 12.5. The van der Waals surface area contributed by atoms with E-state index in [1.807, 2.05) is 6.92 Å². The number of nitrogens with one attached hydrogen (secondary N) is 1. The summed E-state index contributed by atoms with van der Waals surface area (Å²) in [6.07, 6.45) is 2.39. The Balaban J connectivity index is 1.96. The molecule has 2 aromatic heterocycles. The maximum Gasteiger partial charge on any atom is 0.274 e. The molecule has 1 aromatic carbocycles. The number of carbonyl (C=O) groups is 1. The second-order valence-electron chi connectivity index (χ2n) is 4.89. The minimum absolute atomic E-state index is 0.317. The van der Waals surface area contributed by atoms with E-state index >= 15 is 0 Å². The van der Waals surface area contributed by atoms with Crippen LogP contribution >= 0.6 is 11.6 Å². The number of hydrogen-bond donors (Lipinski definition) is 1. The topological polar surface area (TPSA) is 68.5 Å². The Bertz CT molecular complexity index is 876. The van der Waals surface area contributed by atoms with Gasteiger partial charge >= 0.3 is 0 Å². The van der Waals surface area contributed by atoms with Gasteiger partial charge in [-0.05, 0) is 30.7 Å². The Hall–Kier alpha value is -2.60. The van der Waals surface area contributed by atoms with Crippen LogP contribution in [0.4, 0.5) is 5.69 Å². The van der Waals surface area contributed by atoms with Crippen LogP contribution < -0.4 is 10.1 Å². The normalized spacial score (nSPS) is 10.7. The number of benzene rings is 1. The molecule has 0 atom stereocenters. The quantitative estimate of drug-likeness (QED) is 0.797. The molecule has 23 heavy (non-hydrogen) atoms. The fraction of sp³-hybridized carbons (Fsp3) is 0.188. The van der Waals surface area contributed by atoms with Gasteiger partial charge in [0, 0.05) is 16.8 Å². The number of rotatable bonds is 4. The molecule has 0 fully saturated rings. The Kier molecular flexibility index (Phi) is 4.16. The van der Waals surface area contributed by atoms with E-state index in [0.717, 1.165) is 12.1 Å². The summed E-state index contributed by atoms with van der Waals surface area (Å²) in [4.78, 5) is 16.9. The molecular formula is C16H15ClN4O2. The third kappa shape index (κ3) is 2.98. The minimum Gasteiger partial charge on any atom is -0.495 e. The van der Waals surface area contributed by atoms with E-state index in [2.05, 4.69) is 15.4 Å². The van der Waals surface area contributed by atoms with Crippen LogP contribution in [0.25, 0.3) is 5.65 Å². The molecule has 6 nitrogen and oxygen atoms in total. The summed E-state index contributed by atoms with van der Waals surface area (Å²) < 4.78 is 6.95. The molecule has 0 unspecified atom stereocenters. The maximum atomic E-state index is 12.5. The largest absolute Gasteiger partial charge is 0.495 e. The highest BCUT2D eigenvalue weighted by molar-refractivity contribution is 6.31. The molecule has 0 aliphatic carbocycles. The summed E-state index contributed by atoms with van der Waals surface area (Å²) in [6, 6.07) is 8.52. The number of methoxy groups -OCH3 is 1. The molecule has 0 radical (unpaired) electrons. The molecule has 0 saturated heterocycles. The molecular weight excluding hydrogens is 316 g/mol. The zero-order valence-electron chi connectivity index (χ0n) is 12.7. The molecule has 0 bridgehead atoms. The number of halogens is 1. The molecule has 0 aliphatic heterocycles. The summed E-state index contributed by atoms with van der Waals surface area (Å²) in [5, 5.41) is 7.49. The molecule has 0 saturated carbocycles. The van der Waals surface area contributed by atoms with Crippen LogP contribution in [0.5, 0.6) is 5.75 Å². The van der Waals surface area contributed by atoms with E-state index in [4.69, 9.17) is 16.3 Å². The molecule has 1 amide bonds. The minimum atomic E-state index is -0.330. The number of carbonyl (C=O) groups excluding carboxylic acids is 1. The zero-order chi connectivity index (χ0) is 16.4. The predicted octanol–water partition coefficient (Wildman–Crippen LogP) is 3.21. The number of nitrogens with zero attached hydrogens (tertiary/aromatic N) is 3. The lowest BCUT2D eigenvalue weighted by Crippen LogP contribution is -2.16. The predicted molar refractivity (Wildman–Crippen MR) is 88.3 cm³/mol. The van der Waals surface area contributed by atoms with Crippen LogP contribution in [-0.2, 0) is 6.42 Å². The van der Waals surface area contributed by atoms with Crippen molar-refractivity contribution in [1.82, 2.24) is 14.6 Å². The van der Waals surface area contributed by atoms with Crippen molar-refractivity contribution in [3.63, 3.8) is 0 Å². The van der Waals surface area contributed by atoms with Crippen molar-refractivity contribution in [3.05, 3.63) is 52.9 Å². The second-order valence-corrected chi connectivity index (χ2v) is 5.32. The van der Waals surface area contributed by atoms with Gasteiger partial charge in [0.15, 0.2) is 5.65 Å². The van der Waals surface area contributed by atoms with E-state index in [9.17, 15) is 4.79 Å². The van der Waals surface area contributed by atoms with E-state index in [-0.39, 0.29) is 5.91 Å². The van der Waals surface area contributed by atoms with Gasteiger partial charge in [-0.15, -0.1) is 0 Å². The van der Waals surface area contributed by atoms with Crippen molar-refractivity contribution >= 4 is 28.8 Å². The number of fused-ring (bicyclic) bond motifs is 1. The lowest BCUT2D eigenvalue weighted by atomic mass is 10.2. The van der Waals surface area contributed by atoms with Crippen LogP contribution in [0.3, 0.4) is 0 Å². The Morgan fingerprint density at radius 2 is 2.17 bits per heavy atom. The SMILES string of the molecule is CCc1cc(C(=O)Nc2cc(Cl)ccc2OC)nc2ccnn12. The van der Waals surface area contributed by atoms with Crippen molar-refractivity contribution in [1.29, 1.82) is 0 Å². The fourth-order valence-electron chi connectivity index (χ4n) is 2.31. The van der Waals surface area contributed by atoms with E-state index in [1.54, 1.807) is 41.0 Å². The molecule has 1 N–H and O–H groups in total. The third-order valence-electron chi connectivity index (χ3n) is 3.44. The van der Waals surface area contributed by atoms with Crippen LogP contribution in [0.2, 0.25) is 5.02 Å². The van der Waals surface area contributed by atoms with E-state index in [1.165, 1.54) is 7.11 Å². The first-order valence-corrected chi connectivity index (χ1v) is 7.48. The number of aryl methyl sites for hydroxylation is 1. The lowest BCUT2D eigenvalue weighted by molar-refractivity contribution is 0.102. The van der Waals surface area contributed by atoms with Crippen LogP contribution in [-0.4, -0.2) is 27.6 Å². The summed E-state index contributed by atoms with van der Waals surface area (Å²) in [7, 11) is 1.53. The van der Waals surface area contributed by atoms with Gasteiger partial charge < -0.3 is 10.1 Å². The van der Waals surface area contributed by atoms with Gasteiger partial charge in [0.1, 0.15) is 11.4 Å². The van der Waals surface area contributed by atoms with Gasteiger partial charge in [-0.25, -0.2) is 9.50 Å². The smallest absolute Gasteiger partial charge is 0.274 e. The molecule has 7 heteroatoms. The fourth-order valence-corrected chi connectivity index (χ4v) is 2.48. The second kappa shape index (κ2) is 6.26. The first kappa shape index (κ1) is 15.3. The van der Waals surface area contributed by atoms with Crippen molar-refractivity contribution in [2.45, 2.75) is 13.3 Å². The molecule has 0 spiro atoms. The summed E-state index contributed by atoms with van der Waals surface area (Å²) in [6.45, 7) is 2.00. The van der Waals surface area contributed by atoms with Crippen molar-refractivity contribution in [2.75, 3.05) is 12.4 Å². The Labute approximate surface area is 138 Å². The van der Waals surface area contributed by atoms with Crippen molar-refractivity contribution < 1.29 is 9.53 Å². The highest BCUT2D eigenvalue weighted by Crippen LogP contribution is 2.28. The van der Waals surface area contributed by atoms with Crippen LogP contribution in [0.15, 0.2) is 36.5 Å². The number of ether oxygens (including phenoxy) is 1. The number of hydrogen-bond acceptors (Lipinski definition) is 4. The summed E-state index contributed by atoms with van der Waals surface area (Å²) in [5.41, 5.74) is 2.35. The monoisotopic (exact) mass is 330 g/mol. The average Bonchev–Trinajstić information content (AvgIpc) is 3.02. The summed E-state index contributed by atoms with van der Waals surface area (Å²) in [5.74, 6) is 0.202. The number of aromatic nitrogens is 3. The van der Waals surface area contributed by atoms with Gasteiger partial charge in [-0.1, -0.05) is 18.5 Å². The lowest BCUT2D eigenvalue weighted by Gasteiger charge is -2.11. The number of amides is 1. The zero-order valence-corrected chi connectivity index (χ0v) is 13.5. The van der Waals surface area contributed by atoms with Gasteiger partial charge in [-0.2, -0.15) is 5.10 Å². The standard InChI is InChI=1S/C16H15ClN4O2/c1-3-11-9-13(19-15-6-7-18-21(11)15)16(22)20-12-8-10(17)4-5-14(12)23-2/h4-9H,3H2,1-2H3,(H,20,22). The van der Waals surface area contributed by atoms with Gasteiger partial charge in [0.05, 0.1) is 19.0 Å². The average molecular weight is 331 g/mol. The first-order valence-electron chi connectivity index (χ1n) is 7.11. The number of anilines is 1. The van der Waals surface area contributed by atoms with Crippen molar-refractivity contribution in [3.8, 4) is 5.75 Å². The van der Waals surface area contributed by atoms with Crippen molar-refractivity contribution in [2.24, 2.45) is 0 Å². The van der Waals surface area contributed by atoms with Crippen LogP contribution in [0.1, 0.15) is 23.1 Å². The molecule has 3 aromatic rings. The molecule has 0 aliphatic rings. The summed E-state index contributed by atoms with van der Waals surface area (Å²) >= 11 is 5.98. The Morgan fingerprint density at radius 3 is 2.91 bits per heavy atom. The van der Waals surface area contributed by atoms with Gasteiger partial charge in [0.25, 0.3) is 5.91 Å². The van der Waals surface area contributed by atoms with E-state index in [0.29, 0.717) is 27.8 Å². The Morgan fingerprint density at radius 1 is 1.35 bits per heavy atom.